The molecule has 1 aromatic rings. The van der Waals surface area contributed by atoms with Crippen LogP contribution in [0.5, 0.6) is 0 Å². The van der Waals surface area contributed by atoms with Crippen LogP contribution in [0.1, 0.15) is 24.2 Å². The number of benzene rings is 1. The third kappa shape index (κ3) is 2.82. The number of hydrogen-bond acceptors (Lipinski definition) is 3. The fraction of sp³-hybridized carbons (Fsp3) is 0.364. The van der Waals surface area contributed by atoms with Gasteiger partial charge in [-0.1, -0.05) is 11.6 Å². The van der Waals surface area contributed by atoms with E-state index in [1.54, 1.807) is 13.8 Å². The molecule has 0 atom stereocenters. The molecular weight excluding hydrogens is 278 g/mol. The molecule has 0 bridgehead atoms. The second-order valence-corrected chi connectivity index (χ2v) is 6.44. The van der Waals surface area contributed by atoms with Crippen molar-refractivity contribution in [1.82, 2.24) is 4.31 Å². The summed E-state index contributed by atoms with van der Waals surface area (Å²) in [4.78, 5) is 10.6. The quantitative estimate of drug-likeness (QED) is 0.921. The Morgan fingerprint density at radius 1 is 1.39 bits per heavy atom. The zero-order chi connectivity index (χ0) is 14.1. The van der Waals surface area contributed by atoms with E-state index < -0.39 is 16.0 Å². The predicted octanol–water partition coefficient (Wildman–Crippen LogP) is 2.07. The van der Waals surface area contributed by atoms with Crippen LogP contribution in [-0.4, -0.2) is 36.9 Å². The third-order valence-electron chi connectivity index (χ3n) is 2.56. The number of aromatic carboxylic acids is 1. The minimum atomic E-state index is -3.79. The Balaban J connectivity index is 3.41. The summed E-state index contributed by atoms with van der Waals surface area (Å²) in [5.41, 5.74) is -0.116. The smallest absolute Gasteiger partial charge is 0.335 e. The van der Waals surface area contributed by atoms with Crippen molar-refractivity contribution in [1.29, 1.82) is 0 Å². The summed E-state index contributed by atoms with van der Waals surface area (Å²) in [6.45, 7) is 3.43. The Kier molecular flexibility index (Phi) is 4.37. The zero-order valence-corrected chi connectivity index (χ0v) is 11.8. The van der Waals surface area contributed by atoms with Gasteiger partial charge in [0, 0.05) is 13.1 Å². The van der Waals surface area contributed by atoms with E-state index in [4.69, 9.17) is 16.7 Å². The normalized spacial score (nSPS) is 12.1. The van der Waals surface area contributed by atoms with E-state index >= 15 is 0 Å². The highest BCUT2D eigenvalue weighted by Gasteiger charge is 2.26. The Morgan fingerprint density at radius 2 is 1.94 bits per heavy atom. The monoisotopic (exact) mass is 291 g/mol. The Hall–Kier alpha value is -1.11. The van der Waals surface area contributed by atoms with Crippen molar-refractivity contribution in [3.05, 3.63) is 28.8 Å². The molecule has 5 nitrogen and oxygen atoms in total. The van der Waals surface area contributed by atoms with Crippen LogP contribution in [0, 0.1) is 0 Å². The highest BCUT2D eigenvalue weighted by atomic mass is 35.5. The standard InChI is InChI=1S/C11H14ClNO4S/c1-7(2)13(3)18(16,17)10-6-8(11(14)15)4-5-9(10)12/h4-7H,1-3H3,(H,14,15). The Labute approximate surface area is 111 Å². The van der Waals surface area contributed by atoms with E-state index in [1.807, 2.05) is 0 Å². The highest BCUT2D eigenvalue weighted by Crippen LogP contribution is 2.26. The summed E-state index contributed by atoms with van der Waals surface area (Å²) >= 11 is 5.84. The molecule has 18 heavy (non-hydrogen) atoms. The average Bonchev–Trinajstić information content (AvgIpc) is 2.27. The molecule has 0 saturated heterocycles. The van der Waals surface area contributed by atoms with Gasteiger partial charge in [0.25, 0.3) is 0 Å². The summed E-state index contributed by atoms with van der Waals surface area (Å²) in [6.07, 6.45) is 0. The molecule has 0 aliphatic carbocycles. The van der Waals surface area contributed by atoms with Crippen LogP contribution < -0.4 is 0 Å². The van der Waals surface area contributed by atoms with Gasteiger partial charge in [-0.3, -0.25) is 0 Å². The fourth-order valence-corrected chi connectivity index (χ4v) is 3.13. The molecule has 1 N–H and O–H groups in total. The van der Waals surface area contributed by atoms with Crippen LogP contribution in [0.25, 0.3) is 0 Å². The van der Waals surface area contributed by atoms with Crippen molar-refractivity contribution in [2.45, 2.75) is 24.8 Å². The van der Waals surface area contributed by atoms with E-state index in [0.29, 0.717) is 0 Å². The first-order valence-electron chi connectivity index (χ1n) is 5.18. The molecule has 0 spiro atoms. The summed E-state index contributed by atoms with van der Waals surface area (Å²) in [5.74, 6) is -1.20. The van der Waals surface area contributed by atoms with E-state index in [2.05, 4.69) is 0 Å². The molecule has 0 aliphatic heterocycles. The van der Waals surface area contributed by atoms with Crippen molar-refractivity contribution in [2.75, 3.05) is 7.05 Å². The highest BCUT2D eigenvalue weighted by molar-refractivity contribution is 7.89. The van der Waals surface area contributed by atoms with Crippen molar-refractivity contribution in [3.63, 3.8) is 0 Å². The predicted molar refractivity (Wildman–Crippen MR) is 68.5 cm³/mol. The number of rotatable bonds is 4. The zero-order valence-electron chi connectivity index (χ0n) is 10.2. The van der Waals surface area contributed by atoms with Crippen LogP contribution in [0.15, 0.2) is 23.1 Å². The maximum Gasteiger partial charge on any atom is 0.335 e. The maximum atomic E-state index is 12.2. The van der Waals surface area contributed by atoms with E-state index in [1.165, 1.54) is 19.2 Å². The second kappa shape index (κ2) is 5.26. The molecule has 7 heteroatoms. The van der Waals surface area contributed by atoms with Gasteiger partial charge in [-0.25, -0.2) is 13.2 Å². The lowest BCUT2D eigenvalue weighted by Crippen LogP contribution is -2.33. The summed E-state index contributed by atoms with van der Waals surface area (Å²) in [7, 11) is -2.37. The van der Waals surface area contributed by atoms with Gasteiger partial charge in [0.15, 0.2) is 0 Å². The number of halogens is 1. The van der Waals surface area contributed by atoms with Gasteiger partial charge in [-0.05, 0) is 32.0 Å². The molecule has 0 amide bonds. The third-order valence-corrected chi connectivity index (χ3v) is 5.08. The van der Waals surface area contributed by atoms with E-state index in [-0.39, 0.29) is 21.5 Å². The number of sulfonamides is 1. The summed E-state index contributed by atoms with van der Waals surface area (Å²) in [5, 5.41) is 8.87. The van der Waals surface area contributed by atoms with Crippen molar-refractivity contribution < 1.29 is 18.3 Å². The van der Waals surface area contributed by atoms with Gasteiger partial charge >= 0.3 is 5.97 Å². The first kappa shape index (κ1) is 14.9. The molecular formula is C11H14ClNO4S. The molecule has 0 saturated carbocycles. The molecule has 100 valence electrons. The number of nitrogens with zero attached hydrogens (tertiary/aromatic N) is 1. The van der Waals surface area contributed by atoms with Gasteiger partial charge in [0.1, 0.15) is 4.90 Å². The van der Waals surface area contributed by atoms with Crippen LogP contribution in [0.4, 0.5) is 0 Å². The first-order valence-corrected chi connectivity index (χ1v) is 7.00. The van der Waals surface area contributed by atoms with E-state index in [9.17, 15) is 13.2 Å². The van der Waals surface area contributed by atoms with Crippen LogP contribution >= 0.6 is 11.6 Å². The molecule has 0 unspecified atom stereocenters. The lowest BCUT2D eigenvalue weighted by Gasteiger charge is -2.21. The Morgan fingerprint density at radius 3 is 2.39 bits per heavy atom. The SMILES string of the molecule is CC(C)N(C)S(=O)(=O)c1cc(C(=O)O)ccc1Cl. The minimum Gasteiger partial charge on any atom is -0.478 e. The molecule has 0 radical (unpaired) electrons. The summed E-state index contributed by atoms with van der Waals surface area (Å²) in [6, 6.07) is 3.35. The van der Waals surface area contributed by atoms with Gasteiger partial charge in [0.2, 0.25) is 10.0 Å². The van der Waals surface area contributed by atoms with Gasteiger partial charge in [0.05, 0.1) is 10.6 Å². The van der Waals surface area contributed by atoms with Crippen LogP contribution in [0.3, 0.4) is 0 Å². The largest absolute Gasteiger partial charge is 0.478 e. The molecule has 1 rings (SSSR count). The number of carboxylic acids is 1. The van der Waals surface area contributed by atoms with Gasteiger partial charge in [-0.2, -0.15) is 4.31 Å². The van der Waals surface area contributed by atoms with Crippen LogP contribution in [0.2, 0.25) is 5.02 Å². The van der Waals surface area contributed by atoms with Crippen LogP contribution in [-0.2, 0) is 10.0 Å². The second-order valence-electron chi connectivity index (χ2n) is 4.07. The molecule has 1 aromatic carbocycles. The number of hydrogen-bond donors (Lipinski definition) is 1. The van der Waals surface area contributed by atoms with E-state index in [0.717, 1.165) is 10.4 Å². The average molecular weight is 292 g/mol. The fourth-order valence-electron chi connectivity index (χ4n) is 1.27. The van der Waals surface area contributed by atoms with Gasteiger partial charge in [-0.15, -0.1) is 0 Å². The van der Waals surface area contributed by atoms with Crippen molar-refractivity contribution in [2.24, 2.45) is 0 Å². The molecule has 0 fully saturated rings. The van der Waals surface area contributed by atoms with Crippen molar-refractivity contribution >= 4 is 27.6 Å². The molecule has 0 aliphatic rings. The Bertz CT molecular complexity index is 568. The summed E-state index contributed by atoms with van der Waals surface area (Å²) < 4.78 is 25.6. The van der Waals surface area contributed by atoms with Crippen molar-refractivity contribution in [3.8, 4) is 0 Å². The number of carboxylic acid groups (broad SMARTS) is 1. The maximum absolute atomic E-state index is 12.2. The first-order chi connectivity index (χ1) is 8.17. The lowest BCUT2D eigenvalue weighted by molar-refractivity contribution is 0.0696. The molecule has 0 aromatic heterocycles. The lowest BCUT2D eigenvalue weighted by atomic mass is 10.2. The van der Waals surface area contributed by atoms with Gasteiger partial charge < -0.3 is 5.11 Å². The molecule has 0 heterocycles. The minimum absolute atomic E-state index is 0.00694. The topological polar surface area (TPSA) is 74.7 Å². The number of carbonyl (C=O) groups is 1.